The predicted octanol–water partition coefficient (Wildman–Crippen LogP) is 1.62. The van der Waals surface area contributed by atoms with E-state index in [-0.39, 0.29) is 23.5 Å². The van der Waals surface area contributed by atoms with Crippen molar-refractivity contribution in [1.82, 2.24) is 23.6 Å². The van der Waals surface area contributed by atoms with E-state index in [9.17, 15) is 9.59 Å². The molecule has 0 unspecified atom stereocenters. The molecule has 8 nitrogen and oxygen atoms in total. The summed E-state index contributed by atoms with van der Waals surface area (Å²) < 4.78 is 10.5. The Labute approximate surface area is 165 Å². The average molecular weight is 392 g/mol. The average Bonchev–Trinajstić information content (AvgIpc) is 2.99. The summed E-state index contributed by atoms with van der Waals surface area (Å²) in [5, 5.41) is 0. The van der Waals surface area contributed by atoms with Gasteiger partial charge in [0.05, 0.1) is 18.8 Å². The smallest absolute Gasteiger partial charge is 0.332 e. The lowest BCUT2D eigenvalue weighted by Gasteiger charge is -2.35. The lowest BCUT2D eigenvalue weighted by atomic mass is 10.2. The lowest BCUT2D eigenvalue weighted by molar-refractivity contribution is -0.0712. The van der Waals surface area contributed by atoms with Crippen LogP contribution in [-0.4, -0.2) is 48.9 Å². The molecule has 3 heterocycles. The van der Waals surface area contributed by atoms with Crippen molar-refractivity contribution in [2.75, 3.05) is 13.1 Å². The zero-order valence-corrected chi connectivity index (χ0v) is 17.8. The highest BCUT2D eigenvalue weighted by Crippen LogP contribution is 2.18. The summed E-state index contributed by atoms with van der Waals surface area (Å²) in [4.78, 5) is 32.3. The number of morpholine rings is 1. The van der Waals surface area contributed by atoms with Crippen molar-refractivity contribution in [3.8, 4) is 0 Å². The number of unbranched alkanes of at least 4 members (excludes halogenated alkanes) is 3. The zero-order valence-electron chi connectivity index (χ0n) is 17.8. The van der Waals surface area contributed by atoms with Gasteiger partial charge < -0.3 is 9.30 Å². The third-order valence-corrected chi connectivity index (χ3v) is 5.52. The number of nitrogens with zero attached hydrogens (tertiary/aromatic N) is 5. The van der Waals surface area contributed by atoms with Crippen LogP contribution in [-0.2, 0) is 31.9 Å². The molecule has 0 amide bonds. The second-order valence-electron chi connectivity index (χ2n) is 8.07. The van der Waals surface area contributed by atoms with Crippen LogP contribution in [0.15, 0.2) is 9.59 Å². The molecule has 0 aliphatic carbocycles. The normalized spacial score (nSPS) is 20.9. The molecule has 0 aromatic carbocycles. The fraction of sp³-hybridized carbons (Fsp3) is 0.750. The minimum Gasteiger partial charge on any atom is -0.373 e. The molecule has 156 valence electrons. The molecule has 8 heteroatoms. The molecule has 3 rings (SSSR count). The highest BCUT2D eigenvalue weighted by atomic mass is 16.5. The Kier molecular flexibility index (Phi) is 6.40. The third-order valence-electron chi connectivity index (χ3n) is 5.52. The van der Waals surface area contributed by atoms with Gasteiger partial charge in [-0.3, -0.25) is 18.8 Å². The minimum absolute atomic E-state index is 0.170. The van der Waals surface area contributed by atoms with E-state index in [0.717, 1.165) is 44.7 Å². The van der Waals surface area contributed by atoms with Crippen LogP contribution in [0.3, 0.4) is 0 Å². The molecular weight excluding hydrogens is 358 g/mol. The molecule has 1 aliphatic heterocycles. The number of aryl methyl sites for hydroxylation is 2. The molecule has 1 fully saturated rings. The molecule has 1 aliphatic rings. The van der Waals surface area contributed by atoms with E-state index < -0.39 is 0 Å². The van der Waals surface area contributed by atoms with Gasteiger partial charge in [-0.1, -0.05) is 26.2 Å². The Morgan fingerprint density at radius 2 is 1.71 bits per heavy atom. The summed E-state index contributed by atoms with van der Waals surface area (Å²) in [5.41, 5.74) is 0.405. The summed E-state index contributed by atoms with van der Waals surface area (Å²) in [6.07, 6.45) is 4.79. The van der Waals surface area contributed by atoms with Crippen LogP contribution in [0.5, 0.6) is 0 Å². The van der Waals surface area contributed by atoms with Crippen molar-refractivity contribution in [1.29, 1.82) is 0 Å². The number of rotatable bonds is 7. The maximum absolute atomic E-state index is 12.9. The first kappa shape index (κ1) is 20.8. The SMILES string of the molecule is CCCCCCn1c(CN2C[C@@H](C)O[C@@H](C)C2)nc2c1c(=O)n(C)c(=O)n2C. The van der Waals surface area contributed by atoms with Crippen molar-refractivity contribution >= 4 is 11.2 Å². The van der Waals surface area contributed by atoms with E-state index in [4.69, 9.17) is 9.72 Å². The molecule has 2 aromatic rings. The summed E-state index contributed by atoms with van der Waals surface area (Å²) in [6, 6.07) is 0. The van der Waals surface area contributed by atoms with Crippen LogP contribution in [0.1, 0.15) is 52.3 Å². The van der Waals surface area contributed by atoms with Gasteiger partial charge in [-0.05, 0) is 20.3 Å². The highest BCUT2D eigenvalue weighted by Gasteiger charge is 2.25. The van der Waals surface area contributed by atoms with E-state index in [1.54, 1.807) is 7.05 Å². The second kappa shape index (κ2) is 8.61. The highest BCUT2D eigenvalue weighted by molar-refractivity contribution is 5.71. The van der Waals surface area contributed by atoms with E-state index in [2.05, 4.69) is 25.7 Å². The van der Waals surface area contributed by atoms with Gasteiger partial charge in [-0.2, -0.15) is 0 Å². The fourth-order valence-corrected chi connectivity index (χ4v) is 4.16. The van der Waals surface area contributed by atoms with Crippen molar-refractivity contribution in [2.45, 2.75) is 71.8 Å². The van der Waals surface area contributed by atoms with Crippen LogP contribution >= 0.6 is 0 Å². The number of ether oxygens (including phenoxy) is 1. The first-order chi connectivity index (χ1) is 13.3. The maximum Gasteiger partial charge on any atom is 0.332 e. The van der Waals surface area contributed by atoms with Gasteiger partial charge >= 0.3 is 5.69 Å². The fourth-order valence-electron chi connectivity index (χ4n) is 4.16. The number of fused-ring (bicyclic) bond motifs is 1. The Morgan fingerprint density at radius 3 is 2.36 bits per heavy atom. The zero-order chi connectivity index (χ0) is 20.4. The number of hydrogen-bond donors (Lipinski definition) is 0. The Balaban J connectivity index is 2.02. The molecule has 1 saturated heterocycles. The third kappa shape index (κ3) is 4.07. The summed E-state index contributed by atoms with van der Waals surface area (Å²) in [5.74, 6) is 0.853. The second-order valence-corrected chi connectivity index (χ2v) is 8.07. The minimum atomic E-state index is -0.340. The van der Waals surface area contributed by atoms with E-state index in [1.807, 2.05) is 4.57 Å². The van der Waals surface area contributed by atoms with E-state index in [0.29, 0.717) is 17.7 Å². The first-order valence-electron chi connectivity index (χ1n) is 10.4. The Morgan fingerprint density at radius 1 is 1.04 bits per heavy atom. The maximum atomic E-state index is 12.9. The van der Waals surface area contributed by atoms with Gasteiger partial charge in [0.25, 0.3) is 5.56 Å². The van der Waals surface area contributed by atoms with Crippen LogP contribution in [0.4, 0.5) is 0 Å². The summed E-state index contributed by atoms with van der Waals surface area (Å²) >= 11 is 0. The molecular formula is C20H33N5O3. The van der Waals surface area contributed by atoms with E-state index in [1.165, 1.54) is 22.6 Å². The van der Waals surface area contributed by atoms with Crippen LogP contribution in [0.2, 0.25) is 0 Å². The molecule has 2 atom stereocenters. The lowest BCUT2D eigenvalue weighted by Crippen LogP contribution is -2.45. The summed E-state index contributed by atoms with van der Waals surface area (Å²) in [6.45, 7) is 9.41. The number of hydrogen-bond acceptors (Lipinski definition) is 5. The van der Waals surface area contributed by atoms with Crippen LogP contribution in [0.25, 0.3) is 11.2 Å². The summed E-state index contributed by atoms with van der Waals surface area (Å²) in [7, 11) is 3.21. The topological polar surface area (TPSA) is 74.3 Å². The molecule has 2 aromatic heterocycles. The Hall–Kier alpha value is -1.93. The van der Waals surface area contributed by atoms with Gasteiger partial charge in [-0.15, -0.1) is 0 Å². The van der Waals surface area contributed by atoms with E-state index >= 15 is 0 Å². The van der Waals surface area contributed by atoms with Crippen molar-refractivity contribution in [3.05, 3.63) is 26.7 Å². The number of aromatic nitrogens is 4. The first-order valence-corrected chi connectivity index (χ1v) is 10.4. The van der Waals surface area contributed by atoms with Gasteiger partial charge in [0.2, 0.25) is 0 Å². The van der Waals surface area contributed by atoms with Crippen LogP contribution in [0, 0.1) is 0 Å². The molecule has 28 heavy (non-hydrogen) atoms. The van der Waals surface area contributed by atoms with Gasteiger partial charge in [0.1, 0.15) is 5.82 Å². The monoisotopic (exact) mass is 391 g/mol. The molecule has 0 radical (unpaired) electrons. The quantitative estimate of drug-likeness (QED) is 0.671. The van der Waals surface area contributed by atoms with Crippen molar-refractivity contribution in [2.24, 2.45) is 14.1 Å². The van der Waals surface area contributed by atoms with Crippen molar-refractivity contribution in [3.63, 3.8) is 0 Å². The predicted molar refractivity (Wildman–Crippen MR) is 110 cm³/mol. The van der Waals surface area contributed by atoms with Gasteiger partial charge in [0, 0.05) is 33.7 Å². The van der Waals surface area contributed by atoms with Gasteiger partial charge in [0.15, 0.2) is 11.2 Å². The largest absolute Gasteiger partial charge is 0.373 e. The standard InChI is InChI=1S/C20H33N5O3/c1-6-7-8-9-10-25-16(13-24-11-14(2)28-15(3)12-24)21-18-17(25)19(26)23(5)20(27)22(18)4/h14-15H,6-13H2,1-5H3/t14-,15+. The molecule has 0 spiro atoms. The molecule has 0 saturated carbocycles. The molecule has 0 bridgehead atoms. The van der Waals surface area contributed by atoms with Crippen LogP contribution < -0.4 is 11.2 Å². The van der Waals surface area contributed by atoms with Crippen molar-refractivity contribution < 1.29 is 4.74 Å². The van der Waals surface area contributed by atoms with Gasteiger partial charge in [-0.25, -0.2) is 9.78 Å². The number of imidazole rings is 1. The Bertz CT molecular complexity index is 932. The molecule has 0 N–H and O–H groups in total.